The Labute approximate surface area is 109 Å². The minimum absolute atomic E-state index is 0.137. The van der Waals surface area contributed by atoms with Crippen LogP contribution in [0.3, 0.4) is 0 Å². The predicted octanol–water partition coefficient (Wildman–Crippen LogP) is 2.93. The Morgan fingerprint density at radius 3 is 2.61 bits per heavy atom. The van der Waals surface area contributed by atoms with Gasteiger partial charge in [-0.05, 0) is 18.9 Å². The Morgan fingerprint density at radius 2 is 2.06 bits per heavy atom. The lowest BCUT2D eigenvalue weighted by Crippen LogP contribution is -2.20. The fourth-order valence-corrected chi connectivity index (χ4v) is 2.21. The van der Waals surface area contributed by atoms with E-state index in [4.69, 9.17) is 4.74 Å². The Kier molecular flexibility index (Phi) is 6.65. The summed E-state index contributed by atoms with van der Waals surface area (Å²) in [5.41, 5.74) is 0.721. The van der Waals surface area contributed by atoms with E-state index < -0.39 is 0 Å². The van der Waals surface area contributed by atoms with Crippen molar-refractivity contribution in [3.63, 3.8) is 0 Å². The Morgan fingerprint density at radius 1 is 1.39 bits per heavy atom. The lowest BCUT2D eigenvalue weighted by molar-refractivity contribution is 0.0890. The van der Waals surface area contributed by atoms with Crippen molar-refractivity contribution in [1.82, 2.24) is 9.78 Å². The maximum atomic E-state index is 12.5. The first-order valence-electron chi connectivity index (χ1n) is 6.79. The molecule has 1 aromatic rings. The molecule has 0 atom stereocenters. The molecule has 0 aliphatic rings. The lowest BCUT2D eigenvalue weighted by atomic mass is 9.92. The van der Waals surface area contributed by atoms with Gasteiger partial charge in [0.15, 0.2) is 5.78 Å². The molecule has 102 valence electrons. The summed E-state index contributed by atoms with van der Waals surface area (Å²) in [4.78, 5) is 12.5. The van der Waals surface area contributed by atoms with Gasteiger partial charge in [-0.3, -0.25) is 9.48 Å². The quantitative estimate of drug-likeness (QED) is 0.635. The summed E-state index contributed by atoms with van der Waals surface area (Å²) in [6.07, 6.45) is 5.70. The molecule has 0 bridgehead atoms. The number of Topliss-reactive ketones (excluding diaryl/α,β-unsaturated/α-hetero) is 1. The number of rotatable bonds is 9. The van der Waals surface area contributed by atoms with E-state index in [9.17, 15) is 4.79 Å². The molecule has 0 aliphatic carbocycles. The second kappa shape index (κ2) is 8.03. The standard InChI is InChI=1S/C14H24N2O2/c1-4-6-12(7-5-2)14(17)13-8-9-15-16(13)10-11-18-3/h8-9,12H,4-7,10-11H2,1-3H3. The molecule has 4 heteroatoms. The molecule has 0 aliphatic heterocycles. The number of ketones is 1. The molecule has 0 radical (unpaired) electrons. The number of ether oxygens (including phenoxy) is 1. The molecule has 0 N–H and O–H groups in total. The lowest BCUT2D eigenvalue weighted by Gasteiger charge is -2.15. The van der Waals surface area contributed by atoms with Crippen molar-refractivity contribution in [3.8, 4) is 0 Å². The third kappa shape index (κ3) is 3.95. The summed E-state index contributed by atoms with van der Waals surface area (Å²) >= 11 is 0. The van der Waals surface area contributed by atoms with E-state index in [-0.39, 0.29) is 11.7 Å². The van der Waals surface area contributed by atoms with Gasteiger partial charge in [0.2, 0.25) is 0 Å². The normalized spacial score (nSPS) is 11.1. The molecular formula is C14H24N2O2. The molecule has 1 aromatic heterocycles. The Hall–Kier alpha value is -1.16. The number of aromatic nitrogens is 2. The summed E-state index contributed by atoms with van der Waals surface area (Å²) in [6, 6.07) is 1.82. The van der Waals surface area contributed by atoms with Gasteiger partial charge in [0.05, 0.1) is 13.2 Å². The topological polar surface area (TPSA) is 44.1 Å². The number of hydrogen-bond acceptors (Lipinski definition) is 3. The van der Waals surface area contributed by atoms with Gasteiger partial charge >= 0.3 is 0 Å². The Bertz CT molecular complexity index is 354. The number of carbonyl (C=O) groups excluding carboxylic acids is 1. The second-order valence-corrected chi connectivity index (χ2v) is 4.57. The van der Waals surface area contributed by atoms with Gasteiger partial charge in [0.1, 0.15) is 5.69 Å². The van der Waals surface area contributed by atoms with Crippen LogP contribution in [0.15, 0.2) is 12.3 Å². The maximum Gasteiger partial charge on any atom is 0.183 e. The monoisotopic (exact) mass is 252 g/mol. The number of carbonyl (C=O) groups is 1. The van der Waals surface area contributed by atoms with E-state index >= 15 is 0 Å². The second-order valence-electron chi connectivity index (χ2n) is 4.57. The summed E-state index contributed by atoms with van der Waals surface area (Å²) in [5.74, 6) is 0.366. The third-order valence-corrected chi connectivity index (χ3v) is 3.12. The van der Waals surface area contributed by atoms with E-state index in [1.165, 1.54) is 0 Å². The first-order valence-corrected chi connectivity index (χ1v) is 6.79. The zero-order chi connectivity index (χ0) is 13.4. The molecule has 0 spiro atoms. The average molecular weight is 252 g/mol. The van der Waals surface area contributed by atoms with Gasteiger partial charge in [0.25, 0.3) is 0 Å². The number of nitrogens with zero attached hydrogens (tertiary/aromatic N) is 2. The van der Waals surface area contributed by atoms with Crippen LogP contribution in [-0.2, 0) is 11.3 Å². The molecule has 0 aromatic carbocycles. The van der Waals surface area contributed by atoms with Crippen molar-refractivity contribution >= 4 is 5.78 Å². The summed E-state index contributed by atoms with van der Waals surface area (Å²) in [7, 11) is 1.65. The van der Waals surface area contributed by atoms with Crippen LogP contribution < -0.4 is 0 Å². The molecule has 1 rings (SSSR count). The molecule has 0 saturated heterocycles. The van der Waals surface area contributed by atoms with Crippen molar-refractivity contribution in [1.29, 1.82) is 0 Å². The predicted molar refractivity (Wildman–Crippen MR) is 71.7 cm³/mol. The highest BCUT2D eigenvalue weighted by molar-refractivity contribution is 5.96. The van der Waals surface area contributed by atoms with Gasteiger partial charge in [-0.25, -0.2) is 0 Å². The van der Waals surface area contributed by atoms with Crippen molar-refractivity contribution in [2.45, 2.75) is 46.1 Å². The van der Waals surface area contributed by atoms with Gasteiger partial charge in [-0.2, -0.15) is 5.10 Å². The van der Waals surface area contributed by atoms with Crippen molar-refractivity contribution < 1.29 is 9.53 Å². The Balaban J connectivity index is 2.77. The van der Waals surface area contributed by atoms with E-state index in [0.29, 0.717) is 13.2 Å². The molecule has 4 nitrogen and oxygen atoms in total. The van der Waals surface area contributed by atoms with Crippen LogP contribution in [0.2, 0.25) is 0 Å². The SMILES string of the molecule is CCCC(CCC)C(=O)c1ccnn1CCOC. The molecular weight excluding hydrogens is 228 g/mol. The molecule has 0 amide bonds. The fourth-order valence-electron chi connectivity index (χ4n) is 2.21. The van der Waals surface area contributed by atoms with E-state index in [2.05, 4.69) is 18.9 Å². The molecule has 0 unspecified atom stereocenters. The number of hydrogen-bond donors (Lipinski definition) is 0. The van der Waals surface area contributed by atoms with Crippen molar-refractivity contribution in [2.24, 2.45) is 5.92 Å². The zero-order valence-electron chi connectivity index (χ0n) is 11.7. The van der Waals surface area contributed by atoms with Crippen molar-refractivity contribution in [2.75, 3.05) is 13.7 Å². The van der Waals surface area contributed by atoms with Crippen LogP contribution in [-0.4, -0.2) is 29.3 Å². The van der Waals surface area contributed by atoms with Crippen LogP contribution in [0.5, 0.6) is 0 Å². The van der Waals surface area contributed by atoms with Crippen LogP contribution in [0.1, 0.15) is 50.0 Å². The van der Waals surface area contributed by atoms with Gasteiger partial charge in [-0.1, -0.05) is 26.7 Å². The summed E-state index contributed by atoms with van der Waals surface area (Å²) in [5, 5.41) is 4.19. The van der Waals surface area contributed by atoms with E-state index in [1.54, 1.807) is 18.0 Å². The summed E-state index contributed by atoms with van der Waals surface area (Å²) in [6.45, 7) is 5.46. The molecule has 0 saturated carbocycles. The van der Waals surface area contributed by atoms with Gasteiger partial charge in [0, 0.05) is 19.2 Å². The smallest absolute Gasteiger partial charge is 0.183 e. The highest BCUT2D eigenvalue weighted by atomic mass is 16.5. The van der Waals surface area contributed by atoms with E-state index in [0.717, 1.165) is 31.4 Å². The van der Waals surface area contributed by atoms with Crippen LogP contribution in [0.4, 0.5) is 0 Å². The van der Waals surface area contributed by atoms with Crippen LogP contribution in [0.25, 0.3) is 0 Å². The molecule has 0 fully saturated rings. The third-order valence-electron chi connectivity index (χ3n) is 3.12. The number of methoxy groups -OCH3 is 1. The van der Waals surface area contributed by atoms with Gasteiger partial charge < -0.3 is 4.74 Å². The largest absolute Gasteiger partial charge is 0.383 e. The average Bonchev–Trinajstić information content (AvgIpc) is 2.83. The highest BCUT2D eigenvalue weighted by Crippen LogP contribution is 2.19. The highest BCUT2D eigenvalue weighted by Gasteiger charge is 2.21. The minimum Gasteiger partial charge on any atom is -0.383 e. The van der Waals surface area contributed by atoms with Crippen LogP contribution >= 0.6 is 0 Å². The molecule has 1 heterocycles. The van der Waals surface area contributed by atoms with Crippen LogP contribution in [0, 0.1) is 5.92 Å². The van der Waals surface area contributed by atoms with Crippen molar-refractivity contribution in [3.05, 3.63) is 18.0 Å². The maximum absolute atomic E-state index is 12.5. The van der Waals surface area contributed by atoms with E-state index in [1.807, 2.05) is 6.07 Å². The fraction of sp³-hybridized carbons (Fsp3) is 0.714. The van der Waals surface area contributed by atoms with Gasteiger partial charge in [-0.15, -0.1) is 0 Å². The summed E-state index contributed by atoms with van der Waals surface area (Å²) < 4.78 is 6.79. The molecule has 18 heavy (non-hydrogen) atoms. The zero-order valence-corrected chi connectivity index (χ0v) is 11.7. The first kappa shape index (κ1) is 14.9. The minimum atomic E-state index is 0.137. The first-order chi connectivity index (χ1) is 8.74.